The van der Waals surface area contributed by atoms with E-state index in [1.54, 1.807) is 7.11 Å². The molecule has 0 radical (unpaired) electrons. The molecular weight excluding hydrogens is 373 g/mol. The predicted octanol–water partition coefficient (Wildman–Crippen LogP) is 1.34. The van der Waals surface area contributed by atoms with Gasteiger partial charge in [-0.15, -0.1) is 0 Å². The fourth-order valence-corrected chi connectivity index (χ4v) is 3.72. The molecule has 0 amide bonds. The van der Waals surface area contributed by atoms with E-state index in [4.69, 9.17) is 9.47 Å². The van der Waals surface area contributed by atoms with Gasteiger partial charge in [-0.1, -0.05) is 0 Å². The van der Waals surface area contributed by atoms with Gasteiger partial charge in [0.25, 0.3) is 0 Å². The minimum atomic E-state index is -0.0688. The van der Waals surface area contributed by atoms with Gasteiger partial charge in [0.1, 0.15) is 9.52 Å². The van der Waals surface area contributed by atoms with E-state index in [0.717, 1.165) is 29.0 Å². The molecule has 7 heteroatoms. The van der Waals surface area contributed by atoms with E-state index in [1.807, 2.05) is 6.07 Å². The Morgan fingerprint density at radius 1 is 1.35 bits per heavy atom. The largest absolute Gasteiger partial charge is 0.469 e. The number of carbonyl (C=O) groups is 1. The van der Waals surface area contributed by atoms with Crippen LogP contribution >= 0.6 is 22.6 Å². The van der Waals surface area contributed by atoms with Gasteiger partial charge >= 0.3 is 12.0 Å². The average molecular weight is 389 g/mol. The zero-order valence-electron chi connectivity index (χ0n) is 11.4. The summed E-state index contributed by atoms with van der Waals surface area (Å²) in [6.45, 7) is 1.68. The average Bonchev–Trinajstić information content (AvgIpc) is 2.46. The first-order valence-corrected chi connectivity index (χ1v) is 7.61. The third-order valence-corrected chi connectivity index (χ3v) is 4.72. The first-order valence-electron chi connectivity index (χ1n) is 6.53. The molecule has 2 bridgehead atoms. The van der Waals surface area contributed by atoms with Crippen molar-refractivity contribution in [1.29, 1.82) is 0 Å². The summed E-state index contributed by atoms with van der Waals surface area (Å²) in [5.41, 5.74) is 0. The van der Waals surface area contributed by atoms with E-state index in [1.165, 1.54) is 7.11 Å². The molecule has 3 aliphatic rings. The van der Waals surface area contributed by atoms with Gasteiger partial charge in [-0.05, 0) is 40.8 Å². The molecule has 2 atom stereocenters. The number of nitrogens with zero attached hydrogens (tertiary/aromatic N) is 3. The van der Waals surface area contributed by atoms with Gasteiger partial charge in [-0.3, -0.25) is 4.79 Å². The SMILES string of the molecule is COC(=O)C1C2CC1CN(c1cc(I)nc(OC)n1)C2. The second-order valence-corrected chi connectivity index (χ2v) is 6.35. The highest BCUT2D eigenvalue weighted by Crippen LogP contribution is 2.46. The van der Waals surface area contributed by atoms with Crippen molar-refractivity contribution >= 4 is 34.4 Å². The molecule has 4 rings (SSSR count). The monoisotopic (exact) mass is 389 g/mol. The number of hydrogen-bond donors (Lipinski definition) is 0. The van der Waals surface area contributed by atoms with Crippen LogP contribution in [0.5, 0.6) is 6.01 Å². The minimum Gasteiger partial charge on any atom is -0.469 e. The van der Waals surface area contributed by atoms with E-state index < -0.39 is 0 Å². The Hall–Kier alpha value is -1.12. The van der Waals surface area contributed by atoms with Crippen LogP contribution in [0.1, 0.15) is 6.42 Å². The van der Waals surface area contributed by atoms with Crippen LogP contribution in [-0.4, -0.2) is 43.2 Å². The molecule has 108 valence electrons. The summed E-state index contributed by atoms with van der Waals surface area (Å²) in [6, 6.07) is 2.33. The van der Waals surface area contributed by atoms with Crippen molar-refractivity contribution in [2.75, 3.05) is 32.2 Å². The Bertz CT molecular complexity index is 528. The Morgan fingerprint density at radius 3 is 2.65 bits per heavy atom. The lowest BCUT2D eigenvalue weighted by Crippen LogP contribution is -2.58. The van der Waals surface area contributed by atoms with E-state index in [2.05, 4.69) is 37.5 Å². The number of hydrogen-bond acceptors (Lipinski definition) is 6. The second kappa shape index (κ2) is 5.34. The normalized spacial score (nSPS) is 27.8. The lowest BCUT2D eigenvalue weighted by Gasteiger charge is -2.52. The third-order valence-electron chi connectivity index (χ3n) is 4.17. The summed E-state index contributed by atoms with van der Waals surface area (Å²) in [4.78, 5) is 22.5. The summed E-state index contributed by atoms with van der Waals surface area (Å²) >= 11 is 2.16. The quantitative estimate of drug-likeness (QED) is 0.442. The summed E-state index contributed by atoms with van der Waals surface area (Å²) in [6.07, 6.45) is 1.11. The summed E-state index contributed by atoms with van der Waals surface area (Å²) in [5, 5.41) is 0. The predicted molar refractivity (Wildman–Crippen MR) is 80.6 cm³/mol. The Kier molecular flexibility index (Phi) is 3.70. The molecule has 20 heavy (non-hydrogen) atoms. The van der Waals surface area contributed by atoms with Crippen molar-refractivity contribution in [2.45, 2.75) is 6.42 Å². The lowest BCUT2D eigenvalue weighted by molar-refractivity contribution is -0.157. The molecule has 2 aliphatic heterocycles. The molecule has 1 aliphatic carbocycles. The second-order valence-electron chi connectivity index (χ2n) is 5.25. The van der Waals surface area contributed by atoms with Gasteiger partial charge < -0.3 is 14.4 Å². The fourth-order valence-electron chi connectivity index (χ4n) is 3.23. The highest BCUT2D eigenvalue weighted by molar-refractivity contribution is 14.1. The van der Waals surface area contributed by atoms with Crippen LogP contribution in [-0.2, 0) is 9.53 Å². The molecule has 3 fully saturated rings. The van der Waals surface area contributed by atoms with Gasteiger partial charge in [0, 0.05) is 19.2 Å². The maximum Gasteiger partial charge on any atom is 0.319 e. The highest BCUT2D eigenvalue weighted by Gasteiger charge is 2.51. The van der Waals surface area contributed by atoms with E-state index >= 15 is 0 Å². The molecule has 0 N–H and O–H groups in total. The van der Waals surface area contributed by atoms with Crippen LogP contribution in [0, 0.1) is 21.5 Å². The third kappa shape index (κ3) is 2.32. The van der Waals surface area contributed by atoms with Gasteiger partial charge in [-0.25, -0.2) is 0 Å². The first kappa shape index (κ1) is 13.8. The molecule has 6 nitrogen and oxygen atoms in total. The summed E-state index contributed by atoms with van der Waals surface area (Å²) in [7, 11) is 3.03. The van der Waals surface area contributed by atoms with Crippen LogP contribution in [0.25, 0.3) is 0 Å². The van der Waals surface area contributed by atoms with Crippen LogP contribution in [0.3, 0.4) is 0 Å². The van der Waals surface area contributed by atoms with Gasteiger partial charge in [0.05, 0.1) is 20.1 Å². The molecule has 0 aromatic carbocycles. The van der Waals surface area contributed by atoms with Crippen molar-refractivity contribution in [3.63, 3.8) is 0 Å². The van der Waals surface area contributed by atoms with Gasteiger partial charge in [0.15, 0.2) is 0 Å². The fraction of sp³-hybridized carbons (Fsp3) is 0.615. The molecule has 2 saturated heterocycles. The molecule has 2 unspecified atom stereocenters. The number of esters is 1. The highest BCUT2D eigenvalue weighted by atomic mass is 127. The van der Waals surface area contributed by atoms with Crippen molar-refractivity contribution in [2.24, 2.45) is 17.8 Å². The van der Waals surface area contributed by atoms with Crippen molar-refractivity contribution in [3.05, 3.63) is 9.77 Å². The summed E-state index contributed by atoms with van der Waals surface area (Å²) < 4.78 is 10.9. The van der Waals surface area contributed by atoms with Crippen LogP contribution in [0.2, 0.25) is 0 Å². The Balaban J connectivity index is 1.76. The summed E-state index contributed by atoms with van der Waals surface area (Å²) in [5.74, 6) is 1.62. The number of carbonyl (C=O) groups excluding carboxylic acids is 1. The lowest BCUT2D eigenvalue weighted by atomic mass is 9.61. The van der Waals surface area contributed by atoms with Crippen LogP contribution in [0.15, 0.2) is 6.07 Å². The molecule has 1 saturated carbocycles. The number of anilines is 1. The molecular formula is C13H16IN3O3. The smallest absolute Gasteiger partial charge is 0.319 e. The van der Waals surface area contributed by atoms with Crippen molar-refractivity contribution < 1.29 is 14.3 Å². The van der Waals surface area contributed by atoms with Crippen molar-refractivity contribution in [1.82, 2.24) is 9.97 Å². The Labute approximate surface area is 131 Å². The van der Waals surface area contributed by atoms with Gasteiger partial charge in [0.2, 0.25) is 0 Å². The number of rotatable bonds is 3. The maximum atomic E-state index is 11.7. The number of piperidine rings is 2. The number of ether oxygens (including phenoxy) is 2. The minimum absolute atomic E-state index is 0.0686. The topological polar surface area (TPSA) is 64.5 Å². The molecule has 1 aromatic rings. The molecule has 0 spiro atoms. The van der Waals surface area contributed by atoms with Gasteiger partial charge in [-0.2, -0.15) is 9.97 Å². The number of aromatic nitrogens is 2. The van der Waals surface area contributed by atoms with Crippen LogP contribution in [0.4, 0.5) is 5.82 Å². The van der Waals surface area contributed by atoms with Crippen molar-refractivity contribution in [3.8, 4) is 6.01 Å². The van der Waals surface area contributed by atoms with E-state index in [9.17, 15) is 4.79 Å². The number of halogens is 1. The number of fused-ring (bicyclic) bond motifs is 2. The molecule has 1 aromatic heterocycles. The zero-order valence-corrected chi connectivity index (χ0v) is 13.5. The van der Waals surface area contributed by atoms with Crippen LogP contribution < -0.4 is 9.64 Å². The maximum absolute atomic E-state index is 11.7. The van der Waals surface area contributed by atoms with E-state index in [-0.39, 0.29) is 11.9 Å². The molecule has 3 heterocycles. The zero-order chi connectivity index (χ0) is 14.3. The van der Waals surface area contributed by atoms with E-state index in [0.29, 0.717) is 17.8 Å². The standard InChI is InChI=1S/C13H16IN3O3/c1-19-12(18)11-7-3-8(11)6-17(5-7)10-4-9(14)15-13(16-10)20-2/h4,7-8,11H,3,5-6H2,1-2H3. The Morgan fingerprint density at radius 2 is 2.05 bits per heavy atom. The number of methoxy groups -OCH3 is 2. The first-order chi connectivity index (χ1) is 9.62.